The molecule has 10 nitrogen and oxygen atoms in total. The molecule has 1 N–H and O–H groups in total. The molecule has 4 rings (SSSR count). The number of likely N-dealkylation sites (N-methyl/N-ethyl adjacent to an activating group) is 1. The summed E-state index contributed by atoms with van der Waals surface area (Å²) in [5.74, 6) is -0.316. The number of aromatic nitrogens is 4. The minimum Gasteiger partial charge on any atom is -0.484 e. The number of nitrogens with one attached hydrogen (secondary N) is 1. The molecule has 3 heterocycles. The number of benzene rings is 1. The van der Waals surface area contributed by atoms with E-state index in [9.17, 15) is 9.59 Å². The minimum atomic E-state index is -0.942. The molecule has 3 aromatic rings. The van der Waals surface area contributed by atoms with Crippen molar-refractivity contribution >= 4 is 17.6 Å². The zero-order valence-corrected chi connectivity index (χ0v) is 15.8. The van der Waals surface area contributed by atoms with Crippen molar-refractivity contribution in [2.45, 2.75) is 25.6 Å². The molecule has 2 aromatic heterocycles. The van der Waals surface area contributed by atoms with Gasteiger partial charge in [0.15, 0.2) is 23.3 Å². The van der Waals surface area contributed by atoms with Gasteiger partial charge < -0.3 is 10.1 Å². The van der Waals surface area contributed by atoms with E-state index in [2.05, 4.69) is 20.6 Å². The molecule has 2 amide bonds. The van der Waals surface area contributed by atoms with Gasteiger partial charge in [0.1, 0.15) is 12.1 Å². The summed E-state index contributed by atoms with van der Waals surface area (Å²) in [7, 11) is 1.58. The molecule has 0 radical (unpaired) electrons. The van der Waals surface area contributed by atoms with E-state index in [1.54, 1.807) is 32.3 Å². The Hall–Kier alpha value is -3.82. The number of carbonyl (C=O) groups excluding carboxylic acids is 2. The number of rotatable bonds is 4. The van der Waals surface area contributed by atoms with Gasteiger partial charge in [-0.1, -0.05) is 35.0 Å². The topological polar surface area (TPSA) is 114 Å². The Morgan fingerprint density at radius 2 is 2.03 bits per heavy atom. The van der Waals surface area contributed by atoms with Gasteiger partial charge in [-0.3, -0.25) is 14.5 Å². The highest BCUT2D eigenvalue weighted by molar-refractivity contribution is 6.01. The zero-order valence-electron chi connectivity index (χ0n) is 15.8. The first-order chi connectivity index (χ1) is 14.0. The van der Waals surface area contributed by atoms with Gasteiger partial charge in [0, 0.05) is 23.2 Å². The summed E-state index contributed by atoms with van der Waals surface area (Å²) in [5.41, 5.74) is 0.945. The predicted octanol–water partition coefficient (Wildman–Crippen LogP) is 0.343. The second-order valence-corrected chi connectivity index (χ2v) is 6.59. The van der Waals surface area contributed by atoms with Gasteiger partial charge in [0.05, 0.1) is 0 Å². The lowest BCUT2D eigenvalue weighted by Gasteiger charge is -2.22. The van der Waals surface area contributed by atoms with Crippen molar-refractivity contribution in [3.05, 3.63) is 60.0 Å². The summed E-state index contributed by atoms with van der Waals surface area (Å²) in [4.78, 5) is 32.2. The monoisotopic (exact) mass is 395 g/mol. The highest BCUT2D eigenvalue weighted by atomic mass is 16.6. The van der Waals surface area contributed by atoms with Crippen LogP contribution in [0.5, 0.6) is 5.75 Å². The van der Waals surface area contributed by atoms with Crippen LogP contribution in [0.1, 0.15) is 23.1 Å². The van der Waals surface area contributed by atoms with E-state index >= 15 is 0 Å². The number of hydrogen-bond acceptors (Lipinski definition) is 7. The number of anilines is 1. The first kappa shape index (κ1) is 18.5. The summed E-state index contributed by atoms with van der Waals surface area (Å²) in [5, 5.41) is 10.4. The van der Waals surface area contributed by atoms with Crippen LogP contribution in [-0.2, 0) is 11.3 Å². The highest BCUT2D eigenvalue weighted by Crippen LogP contribution is 2.29. The SMILES string of the molecule is C[C@H]1Oc2cccnc2N(C)C(=O)[C@H]1NC(=O)c1no[n+](Cc2ccccc2)n1. The third-order valence-corrected chi connectivity index (χ3v) is 4.53. The molecule has 0 fully saturated rings. The fourth-order valence-corrected chi connectivity index (χ4v) is 3.01. The van der Waals surface area contributed by atoms with E-state index in [-0.39, 0.29) is 11.7 Å². The smallest absolute Gasteiger partial charge is 0.419 e. The van der Waals surface area contributed by atoms with E-state index in [1.807, 2.05) is 30.3 Å². The standard InChI is InChI=1S/C19H18N6O4/c1-12-15(19(27)24(2)17-14(28-12)9-6-10-20-17)21-18(26)16-22-25(29-23-16)11-13-7-4-3-5-8-13/h3-10,12,15H,11H2,1-2H3/p+1/t12-,15+/m1/s1. The van der Waals surface area contributed by atoms with Crippen molar-refractivity contribution in [2.75, 3.05) is 11.9 Å². The summed E-state index contributed by atoms with van der Waals surface area (Å²) in [6, 6.07) is 12.0. The van der Waals surface area contributed by atoms with Crippen LogP contribution in [0.15, 0.2) is 53.3 Å². The van der Waals surface area contributed by atoms with Crippen LogP contribution < -0.4 is 19.8 Å². The molecule has 29 heavy (non-hydrogen) atoms. The largest absolute Gasteiger partial charge is 0.484 e. The van der Waals surface area contributed by atoms with Crippen molar-refractivity contribution < 1.29 is 23.8 Å². The van der Waals surface area contributed by atoms with Crippen LogP contribution in [0.4, 0.5) is 5.82 Å². The molecular formula is C19H19N6O4+. The van der Waals surface area contributed by atoms with Gasteiger partial charge in [-0.2, -0.15) is 0 Å². The molecule has 0 aliphatic carbocycles. The molecule has 1 aliphatic rings. The average Bonchev–Trinajstić information content (AvgIpc) is 3.17. The fourth-order valence-electron chi connectivity index (χ4n) is 3.01. The number of amides is 2. The molecular weight excluding hydrogens is 376 g/mol. The number of carbonyl (C=O) groups is 2. The number of nitrogens with zero attached hydrogens (tertiary/aromatic N) is 5. The van der Waals surface area contributed by atoms with Crippen LogP contribution in [0, 0.1) is 0 Å². The van der Waals surface area contributed by atoms with Gasteiger partial charge >= 0.3 is 11.7 Å². The van der Waals surface area contributed by atoms with Gasteiger partial charge in [-0.05, 0) is 24.6 Å². The summed E-state index contributed by atoms with van der Waals surface area (Å²) in [6.45, 7) is 2.03. The zero-order chi connectivity index (χ0) is 20.4. The number of pyridine rings is 1. The number of hydrogen-bond donors (Lipinski definition) is 1. The molecule has 1 aliphatic heterocycles. The van der Waals surface area contributed by atoms with Crippen molar-refractivity contribution in [1.29, 1.82) is 0 Å². The van der Waals surface area contributed by atoms with E-state index in [0.29, 0.717) is 18.1 Å². The van der Waals surface area contributed by atoms with Crippen molar-refractivity contribution in [3.63, 3.8) is 0 Å². The van der Waals surface area contributed by atoms with E-state index in [4.69, 9.17) is 9.37 Å². The Morgan fingerprint density at radius 3 is 2.83 bits per heavy atom. The molecule has 0 saturated carbocycles. The molecule has 0 saturated heterocycles. The predicted molar refractivity (Wildman–Crippen MR) is 99.0 cm³/mol. The van der Waals surface area contributed by atoms with Gasteiger partial charge in [-0.25, -0.2) is 4.98 Å². The maximum absolute atomic E-state index is 12.9. The molecule has 1 aromatic carbocycles. The Morgan fingerprint density at radius 1 is 1.24 bits per heavy atom. The molecule has 0 spiro atoms. The molecule has 10 heteroatoms. The van der Waals surface area contributed by atoms with Crippen LogP contribution in [0.3, 0.4) is 0 Å². The van der Waals surface area contributed by atoms with Crippen LogP contribution in [0.25, 0.3) is 0 Å². The van der Waals surface area contributed by atoms with Crippen molar-refractivity contribution in [3.8, 4) is 5.75 Å². The van der Waals surface area contributed by atoms with Crippen LogP contribution in [0.2, 0.25) is 0 Å². The lowest BCUT2D eigenvalue weighted by molar-refractivity contribution is -0.910. The van der Waals surface area contributed by atoms with Crippen molar-refractivity contribution in [1.82, 2.24) is 20.6 Å². The summed E-state index contributed by atoms with van der Waals surface area (Å²) >= 11 is 0. The second-order valence-electron chi connectivity index (χ2n) is 6.59. The maximum Gasteiger partial charge on any atom is 0.419 e. The first-order valence-corrected chi connectivity index (χ1v) is 9.01. The molecule has 0 bridgehead atoms. The Labute approximate surface area is 166 Å². The van der Waals surface area contributed by atoms with E-state index in [0.717, 1.165) is 5.56 Å². The lowest BCUT2D eigenvalue weighted by atomic mass is 10.1. The Bertz CT molecular complexity index is 1040. The maximum atomic E-state index is 12.9. The quantitative estimate of drug-likeness (QED) is 0.634. The molecule has 2 atom stereocenters. The fraction of sp³-hybridized carbons (Fsp3) is 0.263. The average molecular weight is 395 g/mol. The highest BCUT2D eigenvalue weighted by Gasteiger charge is 2.38. The summed E-state index contributed by atoms with van der Waals surface area (Å²) < 4.78 is 10.9. The van der Waals surface area contributed by atoms with Gasteiger partial charge in [0.25, 0.3) is 5.91 Å². The molecule has 0 unspecified atom stereocenters. The minimum absolute atomic E-state index is 0.177. The summed E-state index contributed by atoms with van der Waals surface area (Å²) in [6.07, 6.45) is 0.947. The number of fused-ring (bicyclic) bond motifs is 1. The van der Waals surface area contributed by atoms with Crippen LogP contribution in [-0.4, -0.2) is 46.2 Å². The number of ether oxygens (including phenoxy) is 1. The normalized spacial score (nSPS) is 18.6. The Balaban J connectivity index is 1.49. The second kappa shape index (κ2) is 7.66. The third-order valence-electron chi connectivity index (χ3n) is 4.53. The van der Waals surface area contributed by atoms with Crippen molar-refractivity contribution in [2.24, 2.45) is 0 Å². The van der Waals surface area contributed by atoms with Gasteiger partial charge in [0.2, 0.25) is 0 Å². The molecule has 148 valence electrons. The Kier molecular flexibility index (Phi) is 4.90. The van der Waals surface area contributed by atoms with Gasteiger partial charge in [-0.15, -0.1) is 0 Å². The van der Waals surface area contributed by atoms with E-state index < -0.39 is 18.1 Å². The van der Waals surface area contributed by atoms with Crippen LogP contribution >= 0.6 is 0 Å². The first-order valence-electron chi connectivity index (χ1n) is 9.01. The third kappa shape index (κ3) is 3.77. The lowest BCUT2D eigenvalue weighted by Crippen LogP contribution is -2.53. The van der Waals surface area contributed by atoms with E-state index in [1.165, 1.54) is 9.75 Å².